The van der Waals surface area contributed by atoms with Gasteiger partial charge in [-0.2, -0.15) is 4.98 Å². The van der Waals surface area contributed by atoms with Crippen molar-refractivity contribution in [3.63, 3.8) is 0 Å². The van der Waals surface area contributed by atoms with Gasteiger partial charge in [-0.1, -0.05) is 62.3 Å². The molecule has 0 N–H and O–H groups in total. The van der Waals surface area contributed by atoms with Gasteiger partial charge in [-0.3, -0.25) is 18.3 Å². The van der Waals surface area contributed by atoms with Crippen LogP contribution in [0.15, 0.2) is 12.7 Å². The fraction of sp³-hybridized carbons (Fsp3) is 0.828. The lowest BCUT2D eigenvalue weighted by Gasteiger charge is -2.38. The van der Waals surface area contributed by atoms with E-state index in [1.165, 1.54) is 6.33 Å². The highest BCUT2D eigenvalue weighted by molar-refractivity contribution is 6.74. The topological polar surface area (TPSA) is 117 Å². The van der Waals surface area contributed by atoms with Gasteiger partial charge >= 0.3 is 0 Å². The van der Waals surface area contributed by atoms with E-state index in [-0.39, 0.29) is 21.7 Å². The molecule has 2 aromatic rings. The summed E-state index contributed by atoms with van der Waals surface area (Å²) in [5.74, 6) is 0.360. The Balaban J connectivity index is 2.04. The summed E-state index contributed by atoms with van der Waals surface area (Å²) in [7, 11) is -5.35. The van der Waals surface area contributed by atoms with Crippen LogP contribution in [0.3, 0.4) is 0 Å². The number of methoxy groups -OCH3 is 1. The first kappa shape index (κ1) is 37.2. The molecule has 3 heterocycles. The largest absolute Gasteiger partial charge is 0.479 e. The van der Waals surface area contributed by atoms with Gasteiger partial charge in [-0.05, 0) is 54.4 Å². The molecule has 0 bridgehead atoms. The van der Waals surface area contributed by atoms with Crippen molar-refractivity contribution in [3.05, 3.63) is 12.7 Å². The Kier molecular flexibility index (Phi) is 11.1. The van der Waals surface area contributed by atoms with E-state index >= 15 is 0 Å². The van der Waals surface area contributed by atoms with Gasteiger partial charge in [-0.25, -0.2) is 24.6 Å². The molecule has 1 saturated heterocycles. The highest BCUT2D eigenvalue weighted by atomic mass is 28.4. The number of aromatic nitrogens is 4. The van der Waals surface area contributed by atoms with E-state index in [2.05, 4.69) is 117 Å². The van der Waals surface area contributed by atoms with Gasteiger partial charge in [-0.15, -0.1) is 0 Å². The van der Waals surface area contributed by atoms with Crippen molar-refractivity contribution in [2.24, 2.45) is 0 Å². The molecule has 1 aliphatic heterocycles. The average Bonchev–Trinajstić information content (AvgIpc) is 3.45. The number of imidazole rings is 1. The van der Waals surface area contributed by atoms with Crippen LogP contribution in [-0.2, 0) is 33.1 Å². The van der Waals surface area contributed by atoms with Crippen LogP contribution in [-0.4, -0.2) is 76.5 Å². The molecule has 3 rings (SSSR count). The molecule has 44 heavy (non-hydrogen) atoms. The molecule has 252 valence electrons. The summed E-state index contributed by atoms with van der Waals surface area (Å²) in [6.45, 7) is 32.2. The van der Waals surface area contributed by atoms with Crippen molar-refractivity contribution in [3.8, 4) is 5.88 Å². The number of hydrogen-bond donors (Lipinski definition) is 0. The van der Waals surface area contributed by atoms with E-state index in [1.807, 2.05) is 0 Å². The number of rotatable bonds is 12. The molecule has 0 radical (unpaired) electrons. The minimum atomic E-state index is -2.35. The summed E-state index contributed by atoms with van der Waals surface area (Å²) in [5, 5.41) is -0.229. The van der Waals surface area contributed by atoms with Crippen LogP contribution in [0.4, 0.5) is 0 Å². The normalized spacial score (nSPS) is 22.6. The van der Waals surface area contributed by atoms with Gasteiger partial charge in [0.05, 0.1) is 13.4 Å². The number of ether oxygens (including phenoxy) is 2. The third-order valence-corrected chi connectivity index (χ3v) is 22.1. The summed E-state index contributed by atoms with van der Waals surface area (Å²) >= 11 is 0. The van der Waals surface area contributed by atoms with E-state index in [0.29, 0.717) is 17.0 Å². The van der Waals surface area contributed by atoms with Gasteiger partial charge in [0.2, 0.25) is 30.8 Å². The minimum Gasteiger partial charge on any atom is -0.479 e. The van der Waals surface area contributed by atoms with Gasteiger partial charge in [0.15, 0.2) is 29.6 Å². The van der Waals surface area contributed by atoms with Gasteiger partial charge in [0.1, 0.15) is 19.0 Å². The van der Waals surface area contributed by atoms with Crippen LogP contribution in [0, 0.1) is 0 Å². The van der Waals surface area contributed by atoms with Crippen LogP contribution in [0.1, 0.15) is 68.5 Å². The fourth-order valence-corrected chi connectivity index (χ4v) is 5.24. The molecule has 0 saturated carbocycles. The monoisotopic (exact) mass is 672 g/mol. The SMILES string of the molecule is COc1ncnc2c1ncn2[C@@H]1O[C@H](COO[Si](C)(C)C(C)(C)C)[C@@H](OO[Si](C)(C)C(C)(C)C)[C@H]1OO[Si](C)(C)C(C)(C)C. The van der Waals surface area contributed by atoms with Crippen LogP contribution in [0.25, 0.3) is 11.2 Å². The van der Waals surface area contributed by atoms with Crippen LogP contribution in [0.2, 0.25) is 54.4 Å². The third-order valence-electron chi connectivity index (χ3n) is 9.73. The lowest BCUT2D eigenvalue weighted by atomic mass is 10.1. The Morgan fingerprint density at radius 2 is 1.23 bits per heavy atom. The van der Waals surface area contributed by atoms with Crippen molar-refractivity contribution in [2.45, 2.75) is 141 Å². The second-order valence-corrected chi connectivity index (χ2v) is 30.3. The van der Waals surface area contributed by atoms with Crippen LogP contribution >= 0.6 is 0 Å². The van der Waals surface area contributed by atoms with Crippen molar-refractivity contribution < 1.29 is 37.9 Å². The summed E-state index contributed by atoms with van der Waals surface area (Å²) in [6, 6.07) is 0. The van der Waals surface area contributed by atoms with E-state index in [1.54, 1.807) is 18.0 Å². The quantitative estimate of drug-likeness (QED) is 0.128. The smallest absolute Gasteiger partial charge is 0.245 e. The molecule has 0 aliphatic carbocycles. The minimum absolute atomic E-state index is 0.0371. The van der Waals surface area contributed by atoms with E-state index in [4.69, 9.17) is 37.9 Å². The maximum atomic E-state index is 6.67. The van der Waals surface area contributed by atoms with Crippen molar-refractivity contribution >= 4 is 36.1 Å². The third kappa shape index (κ3) is 7.98. The Bertz CT molecular complexity index is 1250. The van der Waals surface area contributed by atoms with Crippen molar-refractivity contribution in [2.75, 3.05) is 13.7 Å². The Morgan fingerprint density at radius 3 is 1.73 bits per heavy atom. The lowest BCUT2D eigenvalue weighted by molar-refractivity contribution is -0.338. The number of hydrogen-bond acceptors (Lipinski definition) is 11. The first-order valence-corrected chi connectivity index (χ1v) is 24.0. The molecular weight excluding hydrogens is 617 g/mol. The molecule has 2 aromatic heterocycles. The fourth-order valence-electron chi connectivity index (χ4n) is 3.43. The molecule has 1 fully saturated rings. The molecule has 15 heteroatoms. The van der Waals surface area contributed by atoms with Gasteiger partial charge in [0.25, 0.3) is 0 Å². The van der Waals surface area contributed by atoms with Crippen molar-refractivity contribution in [1.29, 1.82) is 0 Å². The first-order chi connectivity index (χ1) is 19.9. The highest BCUT2D eigenvalue weighted by Crippen LogP contribution is 2.43. The molecule has 0 spiro atoms. The molecule has 0 unspecified atom stereocenters. The summed E-state index contributed by atoms with van der Waals surface area (Å²) in [6.07, 6.45) is 0.175. The molecule has 0 aromatic carbocycles. The summed E-state index contributed by atoms with van der Waals surface area (Å²) in [5.41, 5.74) is 1.02. The Labute approximate surface area is 266 Å². The van der Waals surface area contributed by atoms with E-state index in [0.717, 1.165) is 0 Å². The van der Waals surface area contributed by atoms with Crippen LogP contribution in [0.5, 0.6) is 5.88 Å². The Morgan fingerprint density at radius 1 is 0.727 bits per heavy atom. The zero-order valence-corrected chi connectivity index (χ0v) is 32.7. The predicted octanol–water partition coefficient (Wildman–Crippen LogP) is 7.33. The lowest BCUT2D eigenvalue weighted by Crippen LogP contribution is -2.48. The van der Waals surface area contributed by atoms with Gasteiger partial charge < -0.3 is 9.47 Å². The zero-order valence-electron chi connectivity index (χ0n) is 29.7. The second-order valence-electron chi connectivity index (χ2n) is 16.2. The molecule has 12 nitrogen and oxygen atoms in total. The Hall–Kier alpha value is -1.28. The maximum absolute atomic E-state index is 6.67. The summed E-state index contributed by atoms with van der Waals surface area (Å²) in [4.78, 5) is 31.9. The highest BCUT2D eigenvalue weighted by Gasteiger charge is 2.53. The molecule has 4 atom stereocenters. The first-order valence-electron chi connectivity index (χ1n) is 15.3. The van der Waals surface area contributed by atoms with E-state index in [9.17, 15) is 0 Å². The zero-order chi connectivity index (χ0) is 33.5. The van der Waals surface area contributed by atoms with E-state index < -0.39 is 49.5 Å². The summed E-state index contributed by atoms with van der Waals surface area (Å²) < 4.78 is 32.6. The van der Waals surface area contributed by atoms with Crippen molar-refractivity contribution in [1.82, 2.24) is 19.5 Å². The standard InChI is InChI=1S/C29H56N4O8Si3/c1-27(2,3)42(11,12)39-35-17-20-22(37-40-43(13,14)28(4,5)6)23(38-41-44(15,16)29(7,8)9)26(36-20)33-19-32-21-24(33)30-18-31-25(21)34-10/h18-20,22-23,26H,17H2,1-16H3/t20-,22-,23-,26-/m1/s1. The van der Waals surface area contributed by atoms with Gasteiger partial charge in [0, 0.05) is 0 Å². The molecular formula is C29H56N4O8Si3. The van der Waals surface area contributed by atoms with Crippen LogP contribution < -0.4 is 4.74 Å². The second kappa shape index (κ2) is 13.1. The molecule has 1 aliphatic rings. The number of fused-ring (bicyclic) bond motifs is 1. The number of nitrogens with zero attached hydrogens (tertiary/aromatic N) is 4. The predicted molar refractivity (Wildman–Crippen MR) is 176 cm³/mol. The molecule has 0 amide bonds. The average molecular weight is 673 g/mol. The maximum Gasteiger partial charge on any atom is 0.245 e.